The monoisotopic (exact) mass is 314 g/mol. The van der Waals surface area contributed by atoms with Crippen LogP contribution in [0.1, 0.15) is 36.7 Å². The van der Waals surface area contributed by atoms with E-state index in [2.05, 4.69) is 47.7 Å². The van der Waals surface area contributed by atoms with Crippen LogP contribution in [0.5, 0.6) is 0 Å². The summed E-state index contributed by atoms with van der Waals surface area (Å²) in [5.74, 6) is 1.34. The minimum absolute atomic E-state index is 0.316. The van der Waals surface area contributed by atoms with Gasteiger partial charge in [0.2, 0.25) is 0 Å². The van der Waals surface area contributed by atoms with E-state index in [4.69, 9.17) is 22.3 Å². The Kier molecular flexibility index (Phi) is 4.14. The van der Waals surface area contributed by atoms with E-state index in [-0.39, 0.29) is 0 Å². The Morgan fingerprint density at radius 3 is 2.50 bits per heavy atom. The lowest BCUT2D eigenvalue weighted by molar-refractivity contribution is 0.679. The van der Waals surface area contributed by atoms with Gasteiger partial charge in [0.1, 0.15) is 11.3 Å². The van der Waals surface area contributed by atoms with E-state index in [1.807, 2.05) is 6.07 Å². The molecule has 0 amide bonds. The maximum Gasteiger partial charge on any atom is 0.160 e. The number of rotatable bonds is 4. The van der Waals surface area contributed by atoms with Crippen molar-refractivity contribution in [3.8, 4) is 0 Å². The molecule has 0 saturated carbocycles. The number of fused-ring (bicyclic) bond motifs is 1. The molecule has 0 spiro atoms. The van der Waals surface area contributed by atoms with Crippen LogP contribution in [0.15, 0.2) is 36.5 Å². The van der Waals surface area contributed by atoms with Crippen LogP contribution < -0.4 is 5.73 Å². The lowest BCUT2D eigenvalue weighted by atomic mass is 10.1. The number of imidazole rings is 1. The number of nitrogens with zero attached hydrogens (tertiary/aromatic N) is 3. The van der Waals surface area contributed by atoms with Gasteiger partial charge < -0.3 is 10.3 Å². The molecule has 4 nitrogen and oxygen atoms in total. The summed E-state index contributed by atoms with van der Waals surface area (Å²) in [6, 6.07) is 10.2. The van der Waals surface area contributed by atoms with E-state index in [9.17, 15) is 0 Å². The molecular formula is C17H19ClN4. The van der Waals surface area contributed by atoms with Crippen LogP contribution in [-0.4, -0.2) is 14.5 Å². The third kappa shape index (κ3) is 2.85. The third-order valence-electron chi connectivity index (χ3n) is 3.70. The molecule has 0 bridgehead atoms. The van der Waals surface area contributed by atoms with E-state index in [0.29, 0.717) is 17.5 Å². The quantitative estimate of drug-likeness (QED) is 0.798. The predicted octanol–water partition coefficient (Wildman–Crippen LogP) is 3.72. The topological polar surface area (TPSA) is 56.7 Å². The largest absolute Gasteiger partial charge is 0.326 e. The maximum atomic E-state index is 6.03. The Morgan fingerprint density at radius 2 is 1.86 bits per heavy atom. The number of hydrogen-bond acceptors (Lipinski definition) is 3. The Morgan fingerprint density at radius 1 is 1.18 bits per heavy atom. The van der Waals surface area contributed by atoms with Gasteiger partial charge in [-0.05, 0) is 17.2 Å². The molecule has 114 valence electrons. The lowest BCUT2D eigenvalue weighted by Gasteiger charge is -2.11. The van der Waals surface area contributed by atoms with Crippen molar-refractivity contribution in [1.29, 1.82) is 0 Å². The average Bonchev–Trinajstić information content (AvgIpc) is 2.86. The second-order valence-corrected chi connectivity index (χ2v) is 6.16. The fraction of sp³-hybridized carbons (Fsp3) is 0.294. The Labute approximate surface area is 134 Å². The summed E-state index contributed by atoms with van der Waals surface area (Å²) in [6.07, 6.45) is 1.67. The fourth-order valence-electron chi connectivity index (χ4n) is 2.56. The maximum absolute atomic E-state index is 6.03. The molecule has 0 unspecified atom stereocenters. The smallest absolute Gasteiger partial charge is 0.160 e. The highest BCUT2D eigenvalue weighted by Gasteiger charge is 2.15. The SMILES string of the molecule is CC(C)c1nc2cc(Cl)cnc2n1Cc1ccc(CN)cc1. The van der Waals surface area contributed by atoms with E-state index in [1.165, 1.54) is 5.56 Å². The summed E-state index contributed by atoms with van der Waals surface area (Å²) in [7, 11) is 0. The molecule has 0 fully saturated rings. The minimum Gasteiger partial charge on any atom is -0.326 e. The molecule has 0 aliphatic rings. The van der Waals surface area contributed by atoms with Crippen LogP contribution in [0, 0.1) is 0 Å². The summed E-state index contributed by atoms with van der Waals surface area (Å²) < 4.78 is 2.16. The van der Waals surface area contributed by atoms with Gasteiger partial charge in [-0.15, -0.1) is 0 Å². The number of halogens is 1. The molecule has 0 aliphatic heterocycles. The number of benzene rings is 1. The summed E-state index contributed by atoms with van der Waals surface area (Å²) in [5, 5.41) is 0.611. The van der Waals surface area contributed by atoms with Gasteiger partial charge in [-0.25, -0.2) is 9.97 Å². The molecule has 2 heterocycles. The van der Waals surface area contributed by atoms with Gasteiger partial charge in [0.15, 0.2) is 5.65 Å². The molecule has 0 aliphatic carbocycles. The average molecular weight is 315 g/mol. The second kappa shape index (κ2) is 6.07. The molecule has 5 heteroatoms. The molecule has 3 rings (SSSR count). The summed E-state index contributed by atoms with van der Waals surface area (Å²) in [4.78, 5) is 9.16. The normalized spacial score (nSPS) is 11.5. The number of aromatic nitrogens is 3. The van der Waals surface area contributed by atoms with Gasteiger partial charge in [-0.3, -0.25) is 0 Å². The van der Waals surface area contributed by atoms with Gasteiger partial charge >= 0.3 is 0 Å². The van der Waals surface area contributed by atoms with Crippen molar-refractivity contribution in [1.82, 2.24) is 14.5 Å². The van der Waals surface area contributed by atoms with E-state index >= 15 is 0 Å². The molecule has 2 aromatic heterocycles. The summed E-state index contributed by atoms with van der Waals surface area (Å²) in [5.41, 5.74) is 9.70. The molecule has 0 radical (unpaired) electrons. The molecule has 3 aromatic rings. The van der Waals surface area contributed by atoms with Crippen LogP contribution in [0.2, 0.25) is 5.02 Å². The summed E-state index contributed by atoms with van der Waals surface area (Å²) >= 11 is 6.03. The molecule has 0 atom stereocenters. The Bertz CT molecular complexity index is 790. The van der Waals surface area contributed by atoms with Crippen molar-refractivity contribution < 1.29 is 0 Å². The Balaban J connectivity index is 2.05. The van der Waals surface area contributed by atoms with Crippen LogP contribution in [-0.2, 0) is 13.1 Å². The molecule has 2 N–H and O–H groups in total. The first-order chi connectivity index (χ1) is 10.6. The van der Waals surface area contributed by atoms with Gasteiger partial charge in [0.05, 0.1) is 11.6 Å². The minimum atomic E-state index is 0.316. The van der Waals surface area contributed by atoms with Crippen LogP contribution in [0.4, 0.5) is 0 Å². The molecule has 22 heavy (non-hydrogen) atoms. The van der Waals surface area contributed by atoms with Gasteiger partial charge in [-0.2, -0.15) is 0 Å². The van der Waals surface area contributed by atoms with Crippen LogP contribution in [0.25, 0.3) is 11.2 Å². The standard InChI is InChI=1S/C17H19ClN4/c1-11(2)16-21-15-7-14(18)9-20-17(15)22(16)10-13-5-3-12(8-19)4-6-13/h3-7,9,11H,8,10,19H2,1-2H3. The lowest BCUT2D eigenvalue weighted by Crippen LogP contribution is -2.07. The zero-order valence-corrected chi connectivity index (χ0v) is 13.5. The van der Waals surface area contributed by atoms with Crippen LogP contribution >= 0.6 is 11.6 Å². The van der Waals surface area contributed by atoms with Crippen molar-refractivity contribution >= 4 is 22.8 Å². The fourth-order valence-corrected chi connectivity index (χ4v) is 2.72. The van der Waals surface area contributed by atoms with Crippen molar-refractivity contribution in [2.75, 3.05) is 0 Å². The molecular weight excluding hydrogens is 296 g/mol. The highest BCUT2D eigenvalue weighted by Crippen LogP contribution is 2.23. The van der Waals surface area contributed by atoms with Crippen LogP contribution in [0.3, 0.4) is 0 Å². The zero-order chi connectivity index (χ0) is 15.7. The third-order valence-corrected chi connectivity index (χ3v) is 3.90. The van der Waals surface area contributed by atoms with E-state index < -0.39 is 0 Å². The first-order valence-electron chi connectivity index (χ1n) is 7.38. The van der Waals surface area contributed by atoms with E-state index in [0.717, 1.165) is 29.1 Å². The van der Waals surface area contributed by atoms with E-state index in [1.54, 1.807) is 6.20 Å². The van der Waals surface area contributed by atoms with Gasteiger partial charge in [-0.1, -0.05) is 49.7 Å². The number of pyridine rings is 1. The summed E-state index contributed by atoms with van der Waals surface area (Å²) in [6.45, 7) is 5.57. The predicted molar refractivity (Wildman–Crippen MR) is 90.1 cm³/mol. The molecule has 1 aromatic carbocycles. The number of hydrogen-bond donors (Lipinski definition) is 1. The van der Waals surface area contributed by atoms with Crippen molar-refractivity contribution in [3.05, 3.63) is 58.5 Å². The van der Waals surface area contributed by atoms with Crippen molar-refractivity contribution in [2.45, 2.75) is 32.9 Å². The van der Waals surface area contributed by atoms with Gasteiger partial charge in [0.25, 0.3) is 0 Å². The molecule has 0 saturated heterocycles. The Hall–Kier alpha value is -1.91. The first-order valence-corrected chi connectivity index (χ1v) is 7.76. The second-order valence-electron chi connectivity index (χ2n) is 5.73. The van der Waals surface area contributed by atoms with Crippen molar-refractivity contribution in [3.63, 3.8) is 0 Å². The highest BCUT2D eigenvalue weighted by molar-refractivity contribution is 6.31. The number of nitrogens with two attached hydrogens (primary N) is 1. The van der Waals surface area contributed by atoms with Gasteiger partial charge in [0, 0.05) is 18.7 Å². The highest BCUT2D eigenvalue weighted by atomic mass is 35.5. The zero-order valence-electron chi connectivity index (χ0n) is 12.8. The first kappa shape index (κ1) is 15.0. The van der Waals surface area contributed by atoms with Crippen molar-refractivity contribution in [2.24, 2.45) is 5.73 Å².